The summed E-state index contributed by atoms with van der Waals surface area (Å²) in [6, 6.07) is 4.17. The molecule has 1 heterocycles. The Labute approximate surface area is 119 Å². The number of rotatable bonds is 4. The van der Waals surface area contributed by atoms with Crippen LogP contribution in [0.3, 0.4) is 0 Å². The van der Waals surface area contributed by atoms with Crippen LogP contribution >= 0.6 is 22.9 Å². The predicted molar refractivity (Wildman–Crippen MR) is 74.3 cm³/mol. The van der Waals surface area contributed by atoms with Gasteiger partial charge in [0.1, 0.15) is 5.82 Å². The molecule has 19 heavy (non-hydrogen) atoms. The first-order valence-corrected chi connectivity index (χ1v) is 6.91. The van der Waals surface area contributed by atoms with Crippen molar-refractivity contribution in [1.82, 2.24) is 10.3 Å². The Morgan fingerprint density at radius 1 is 1.53 bits per heavy atom. The van der Waals surface area contributed by atoms with Crippen molar-refractivity contribution >= 4 is 28.8 Å². The SMILES string of the molecule is Cc1cnc(CCNC(=O)c2c(F)cccc2Cl)s1. The van der Waals surface area contributed by atoms with E-state index in [-0.39, 0.29) is 10.6 Å². The zero-order valence-corrected chi connectivity index (χ0v) is 11.8. The van der Waals surface area contributed by atoms with Gasteiger partial charge in [-0.25, -0.2) is 9.37 Å². The van der Waals surface area contributed by atoms with Crippen molar-refractivity contribution < 1.29 is 9.18 Å². The minimum absolute atomic E-state index is 0.112. The van der Waals surface area contributed by atoms with E-state index in [4.69, 9.17) is 11.6 Å². The van der Waals surface area contributed by atoms with Crippen molar-refractivity contribution in [2.75, 3.05) is 6.54 Å². The van der Waals surface area contributed by atoms with E-state index >= 15 is 0 Å². The molecular formula is C13H12ClFN2OS. The number of aromatic nitrogens is 1. The van der Waals surface area contributed by atoms with Crippen molar-refractivity contribution in [1.29, 1.82) is 0 Å². The van der Waals surface area contributed by atoms with E-state index in [0.29, 0.717) is 13.0 Å². The van der Waals surface area contributed by atoms with E-state index < -0.39 is 11.7 Å². The Morgan fingerprint density at radius 3 is 2.95 bits per heavy atom. The van der Waals surface area contributed by atoms with Gasteiger partial charge in [-0.05, 0) is 19.1 Å². The first kappa shape index (κ1) is 14.0. The molecule has 0 unspecified atom stereocenters. The third kappa shape index (κ3) is 3.52. The fourth-order valence-electron chi connectivity index (χ4n) is 1.60. The Morgan fingerprint density at radius 2 is 2.32 bits per heavy atom. The van der Waals surface area contributed by atoms with Crippen LogP contribution in [-0.4, -0.2) is 17.4 Å². The number of benzene rings is 1. The second-order valence-corrected chi connectivity index (χ2v) is 5.69. The molecule has 2 aromatic rings. The van der Waals surface area contributed by atoms with Crippen molar-refractivity contribution in [3.05, 3.63) is 50.7 Å². The Balaban J connectivity index is 1.94. The van der Waals surface area contributed by atoms with Crippen LogP contribution in [0.4, 0.5) is 4.39 Å². The average Bonchev–Trinajstić information content (AvgIpc) is 2.75. The fourth-order valence-corrected chi connectivity index (χ4v) is 2.64. The van der Waals surface area contributed by atoms with E-state index in [1.54, 1.807) is 17.5 Å². The number of hydrogen-bond donors (Lipinski definition) is 1. The summed E-state index contributed by atoms with van der Waals surface area (Å²) in [5.41, 5.74) is -0.112. The molecule has 0 saturated carbocycles. The third-order valence-corrected chi connectivity index (χ3v) is 3.77. The van der Waals surface area contributed by atoms with E-state index in [1.165, 1.54) is 18.2 Å². The van der Waals surface area contributed by atoms with Crippen LogP contribution in [-0.2, 0) is 6.42 Å². The molecule has 0 aliphatic rings. The van der Waals surface area contributed by atoms with Gasteiger partial charge in [0.25, 0.3) is 5.91 Å². The molecule has 1 amide bonds. The lowest BCUT2D eigenvalue weighted by atomic mass is 10.2. The van der Waals surface area contributed by atoms with Crippen LogP contribution < -0.4 is 5.32 Å². The molecule has 1 N–H and O–H groups in total. The lowest BCUT2D eigenvalue weighted by molar-refractivity contribution is 0.0950. The molecule has 1 aromatic heterocycles. The summed E-state index contributed by atoms with van der Waals surface area (Å²) in [7, 11) is 0. The molecule has 0 spiro atoms. The van der Waals surface area contributed by atoms with Gasteiger partial charge in [0.2, 0.25) is 0 Å². The van der Waals surface area contributed by atoms with Crippen LogP contribution in [0.1, 0.15) is 20.2 Å². The molecule has 3 nitrogen and oxygen atoms in total. The second-order valence-electron chi connectivity index (χ2n) is 3.97. The number of hydrogen-bond acceptors (Lipinski definition) is 3. The van der Waals surface area contributed by atoms with Crippen LogP contribution in [0, 0.1) is 12.7 Å². The first-order valence-electron chi connectivity index (χ1n) is 5.71. The number of carbonyl (C=O) groups excluding carboxylic acids is 1. The summed E-state index contributed by atoms with van der Waals surface area (Å²) < 4.78 is 13.5. The maximum absolute atomic E-state index is 13.5. The highest BCUT2D eigenvalue weighted by Crippen LogP contribution is 2.18. The summed E-state index contributed by atoms with van der Waals surface area (Å²) in [6.07, 6.45) is 2.41. The summed E-state index contributed by atoms with van der Waals surface area (Å²) in [5.74, 6) is -1.12. The largest absolute Gasteiger partial charge is 0.351 e. The monoisotopic (exact) mass is 298 g/mol. The number of aryl methyl sites for hydroxylation is 1. The summed E-state index contributed by atoms with van der Waals surface area (Å²) >= 11 is 7.39. The van der Waals surface area contributed by atoms with Crippen LogP contribution in [0.5, 0.6) is 0 Å². The third-order valence-electron chi connectivity index (χ3n) is 2.48. The fraction of sp³-hybridized carbons (Fsp3) is 0.231. The predicted octanol–water partition coefficient (Wildman–Crippen LogP) is 3.22. The smallest absolute Gasteiger partial charge is 0.255 e. The van der Waals surface area contributed by atoms with Crippen molar-refractivity contribution in [2.45, 2.75) is 13.3 Å². The van der Waals surface area contributed by atoms with Crippen LogP contribution in [0.2, 0.25) is 5.02 Å². The van der Waals surface area contributed by atoms with Gasteiger partial charge in [0.15, 0.2) is 0 Å². The second kappa shape index (κ2) is 6.12. The molecule has 1 aromatic carbocycles. The molecule has 6 heteroatoms. The van der Waals surface area contributed by atoms with Crippen LogP contribution in [0.25, 0.3) is 0 Å². The van der Waals surface area contributed by atoms with Gasteiger partial charge in [-0.15, -0.1) is 11.3 Å². The van der Waals surface area contributed by atoms with Crippen molar-refractivity contribution in [2.24, 2.45) is 0 Å². The summed E-state index contributed by atoms with van der Waals surface area (Å²) in [5, 5.41) is 3.70. The Hall–Kier alpha value is -1.46. The molecule has 2 rings (SSSR count). The molecular weight excluding hydrogens is 287 g/mol. The summed E-state index contributed by atoms with van der Waals surface area (Å²) in [4.78, 5) is 17.1. The highest BCUT2D eigenvalue weighted by Gasteiger charge is 2.15. The number of nitrogens with one attached hydrogen (secondary N) is 1. The minimum atomic E-state index is -0.616. The van der Waals surface area contributed by atoms with Crippen LogP contribution in [0.15, 0.2) is 24.4 Å². The lowest BCUT2D eigenvalue weighted by Crippen LogP contribution is -2.26. The minimum Gasteiger partial charge on any atom is -0.351 e. The first-order chi connectivity index (χ1) is 9.08. The van der Waals surface area contributed by atoms with Gasteiger partial charge in [-0.3, -0.25) is 4.79 Å². The molecule has 0 radical (unpaired) electrons. The number of halogens is 2. The molecule has 0 atom stereocenters. The quantitative estimate of drug-likeness (QED) is 0.942. The molecule has 100 valence electrons. The zero-order chi connectivity index (χ0) is 13.8. The van der Waals surface area contributed by atoms with Crippen molar-refractivity contribution in [3.8, 4) is 0 Å². The highest BCUT2D eigenvalue weighted by atomic mass is 35.5. The zero-order valence-electron chi connectivity index (χ0n) is 10.2. The van der Waals surface area contributed by atoms with Gasteiger partial charge in [0, 0.05) is 24.0 Å². The average molecular weight is 299 g/mol. The van der Waals surface area contributed by atoms with E-state index in [1.807, 2.05) is 6.92 Å². The standard InChI is InChI=1S/C13H12ClFN2OS/c1-8-7-17-11(19-8)5-6-16-13(18)12-9(14)3-2-4-10(12)15/h2-4,7H,5-6H2,1H3,(H,16,18). The molecule has 0 saturated heterocycles. The molecule has 0 bridgehead atoms. The normalized spacial score (nSPS) is 10.5. The van der Waals surface area contributed by atoms with Gasteiger partial charge < -0.3 is 5.32 Å². The van der Waals surface area contributed by atoms with Gasteiger partial charge in [-0.1, -0.05) is 17.7 Å². The van der Waals surface area contributed by atoms with Gasteiger partial charge in [-0.2, -0.15) is 0 Å². The van der Waals surface area contributed by atoms with Gasteiger partial charge >= 0.3 is 0 Å². The number of nitrogens with zero attached hydrogens (tertiary/aromatic N) is 1. The highest BCUT2D eigenvalue weighted by molar-refractivity contribution is 7.11. The van der Waals surface area contributed by atoms with Crippen molar-refractivity contribution in [3.63, 3.8) is 0 Å². The van der Waals surface area contributed by atoms with E-state index in [2.05, 4.69) is 10.3 Å². The van der Waals surface area contributed by atoms with E-state index in [9.17, 15) is 9.18 Å². The maximum atomic E-state index is 13.5. The number of thiazole rings is 1. The van der Waals surface area contributed by atoms with E-state index in [0.717, 1.165) is 9.88 Å². The summed E-state index contributed by atoms with van der Waals surface area (Å²) in [6.45, 7) is 2.37. The number of carbonyl (C=O) groups is 1. The number of amides is 1. The lowest BCUT2D eigenvalue weighted by Gasteiger charge is -2.06. The Bertz CT molecular complexity index is 580. The van der Waals surface area contributed by atoms with Gasteiger partial charge in [0.05, 0.1) is 15.6 Å². The topological polar surface area (TPSA) is 42.0 Å². The molecule has 0 aliphatic heterocycles. The molecule has 0 aliphatic carbocycles. The maximum Gasteiger partial charge on any atom is 0.255 e. The molecule has 0 fully saturated rings. The Kier molecular flexibility index (Phi) is 4.50.